The number of hydrogen-bond acceptors (Lipinski definition) is 0. The summed E-state index contributed by atoms with van der Waals surface area (Å²) >= 11 is 0. The lowest BCUT2D eigenvalue weighted by molar-refractivity contribution is 1.27. The Morgan fingerprint density at radius 1 is 0.684 bits per heavy atom. The third-order valence-corrected chi connectivity index (χ3v) is 6.08. The summed E-state index contributed by atoms with van der Waals surface area (Å²) in [5.74, 6) is 0. The summed E-state index contributed by atoms with van der Waals surface area (Å²) in [7, 11) is -1.19. The summed E-state index contributed by atoms with van der Waals surface area (Å²) in [4.78, 5) is 0. The second kappa shape index (κ2) is 4.97. The smallest absolute Gasteiger partial charge is 0.0656 e. The molecule has 0 amide bonds. The van der Waals surface area contributed by atoms with Gasteiger partial charge in [0.05, 0.1) is 8.07 Å². The highest BCUT2D eigenvalue weighted by atomic mass is 28.3. The van der Waals surface area contributed by atoms with Crippen molar-refractivity contribution < 1.29 is 0 Å². The van der Waals surface area contributed by atoms with Crippen molar-refractivity contribution in [3.8, 4) is 11.1 Å². The molecule has 2 rings (SSSR count). The van der Waals surface area contributed by atoms with E-state index in [0.717, 1.165) is 0 Å². The predicted octanol–water partition coefficient (Wildman–Crippen LogP) is 4.82. The number of aryl methyl sites for hydroxylation is 2. The van der Waals surface area contributed by atoms with Crippen molar-refractivity contribution in [1.82, 2.24) is 0 Å². The summed E-state index contributed by atoms with van der Waals surface area (Å²) in [6.07, 6.45) is 0. The number of rotatable bonds is 2. The zero-order valence-corrected chi connectivity index (χ0v) is 14.0. The molecule has 0 spiro atoms. The van der Waals surface area contributed by atoms with Crippen LogP contribution in [-0.4, -0.2) is 8.07 Å². The second-order valence-electron chi connectivity index (χ2n) is 6.56. The summed E-state index contributed by atoms with van der Waals surface area (Å²) in [6, 6.07) is 13.8. The fourth-order valence-electron chi connectivity index (χ4n) is 2.37. The Labute approximate surface area is 118 Å². The Balaban J connectivity index is 2.43. The lowest BCUT2D eigenvalue weighted by Crippen LogP contribution is -2.37. The third-order valence-electron chi connectivity index (χ3n) is 4.01. The predicted molar refractivity (Wildman–Crippen MR) is 89.1 cm³/mol. The maximum Gasteiger partial charge on any atom is 0.0775 e. The number of hydrogen-bond donors (Lipinski definition) is 0. The molecular formula is C18H24Si. The van der Waals surface area contributed by atoms with Crippen LogP contribution in [0.3, 0.4) is 0 Å². The quantitative estimate of drug-likeness (QED) is 0.685. The number of benzene rings is 2. The topological polar surface area (TPSA) is 0 Å². The van der Waals surface area contributed by atoms with Crippen LogP contribution in [0, 0.1) is 20.8 Å². The van der Waals surface area contributed by atoms with Crippen molar-refractivity contribution >= 4 is 13.3 Å². The van der Waals surface area contributed by atoms with Gasteiger partial charge in [-0.25, -0.2) is 0 Å². The van der Waals surface area contributed by atoms with E-state index in [0.29, 0.717) is 0 Å². The highest BCUT2D eigenvalue weighted by Crippen LogP contribution is 2.24. The molecule has 0 saturated carbocycles. The molecule has 0 aliphatic carbocycles. The summed E-state index contributed by atoms with van der Waals surface area (Å²) < 4.78 is 0. The van der Waals surface area contributed by atoms with Crippen LogP contribution in [0.1, 0.15) is 16.7 Å². The van der Waals surface area contributed by atoms with E-state index in [1.807, 2.05) is 0 Å². The molecule has 0 radical (unpaired) electrons. The van der Waals surface area contributed by atoms with Gasteiger partial charge in [-0.15, -0.1) is 0 Å². The van der Waals surface area contributed by atoms with E-state index in [2.05, 4.69) is 76.8 Å². The highest BCUT2D eigenvalue weighted by molar-refractivity contribution is 6.88. The molecule has 0 aromatic heterocycles. The molecule has 2 aromatic carbocycles. The van der Waals surface area contributed by atoms with E-state index in [9.17, 15) is 0 Å². The maximum absolute atomic E-state index is 2.39. The van der Waals surface area contributed by atoms with E-state index in [4.69, 9.17) is 0 Å². The fraction of sp³-hybridized carbons (Fsp3) is 0.333. The Morgan fingerprint density at radius 2 is 1.16 bits per heavy atom. The van der Waals surface area contributed by atoms with E-state index < -0.39 is 8.07 Å². The lowest BCUT2D eigenvalue weighted by atomic mass is 9.96. The normalized spacial score (nSPS) is 11.7. The molecule has 0 atom stereocenters. The minimum atomic E-state index is -1.19. The molecule has 0 unspecified atom stereocenters. The van der Waals surface area contributed by atoms with E-state index in [1.165, 1.54) is 33.0 Å². The fourth-order valence-corrected chi connectivity index (χ4v) is 3.53. The molecule has 0 bridgehead atoms. The first-order valence-electron chi connectivity index (χ1n) is 6.98. The van der Waals surface area contributed by atoms with Gasteiger partial charge < -0.3 is 0 Å². The molecule has 0 nitrogen and oxygen atoms in total. The van der Waals surface area contributed by atoms with Crippen molar-refractivity contribution in [3.05, 3.63) is 53.1 Å². The maximum atomic E-state index is 2.39. The van der Waals surface area contributed by atoms with Crippen molar-refractivity contribution in [2.45, 2.75) is 40.4 Å². The highest BCUT2D eigenvalue weighted by Gasteiger charge is 2.15. The van der Waals surface area contributed by atoms with Crippen LogP contribution >= 0.6 is 0 Å². The molecule has 19 heavy (non-hydrogen) atoms. The molecular weight excluding hydrogens is 244 g/mol. The molecule has 0 aliphatic heterocycles. The van der Waals surface area contributed by atoms with Crippen LogP contribution in [0.25, 0.3) is 11.1 Å². The molecule has 1 heteroatoms. The van der Waals surface area contributed by atoms with Crippen LogP contribution in [0.5, 0.6) is 0 Å². The van der Waals surface area contributed by atoms with Gasteiger partial charge in [0.2, 0.25) is 0 Å². The van der Waals surface area contributed by atoms with Crippen LogP contribution < -0.4 is 5.19 Å². The monoisotopic (exact) mass is 268 g/mol. The molecule has 0 heterocycles. The standard InChI is InChI=1S/C18H24Si/c1-13-11-17(12-14(2)15(13)3)16-7-9-18(10-8-16)19(4,5)6/h7-12H,1-6H3. The van der Waals surface area contributed by atoms with Crippen LogP contribution in [0.15, 0.2) is 36.4 Å². The minimum Gasteiger partial charge on any atom is -0.0656 e. The van der Waals surface area contributed by atoms with Crippen molar-refractivity contribution in [3.63, 3.8) is 0 Å². The van der Waals surface area contributed by atoms with Gasteiger partial charge in [0.15, 0.2) is 0 Å². The molecule has 0 fully saturated rings. The van der Waals surface area contributed by atoms with Crippen molar-refractivity contribution in [2.75, 3.05) is 0 Å². The summed E-state index contributed by atoms with van der Waals surface area (Å²) in [5.41, 5.74) is 6.83. The first kappa shape index (κ1) is 14.1. The van der Waals surface area contributed by atoms with Gasteiger partial charge in [-0.3, -0.25) is 0 Å². The van der Waals surface area contributed by atoms with Crippen LogP contribution in [0.2, 0.25) is 19.6 Å². The third kappa shape index (κ3) is 2.98. The lowest BCUT2D eigenvalue weighted by Gasteiger charge is -2.17. The molecule has 0 N–H and O–H groups in total. The zero-order chi connectivity index (χ0) is 14.2. The zero-order valence-electron chi connectivity index (χ0n) is 13.0. The Kier molecular flexibility index (Phi) is 3.68. The van der Waals surface area contributed by atoms with Gasteiger partial charge in [0.25, 0.3) is 0 Å². The SMILES string of the molecule is Cc1cc(-c2ccc([Si](C)(C)C)cc2)cc(C)c1C. The summed E-state index contributed by atoms with van der Waals surface area (Å²) in [5, 5.41) is 1.52. The Hall–Kier alpha value is -1.34. The molecule has 0 aliphatic rings. The molecule has 0 saturated heterocycles. The van der Waals surface area contributed by atoms with Crippen LogP contribution in [-0.2, 0) is 0 Å². The van der Waals surface area contributed by atoms with Gasteiger partial charge in [-0.05, 0) is 48.6 Å². The van der Waals surface area contributed by atoms with E-state index in [1.54, 1.807) is 0 Å². The van der Waals surface area contributed by atoms with Gasteiger partial charge >= 0.3 is 0 Å². The van der Waals surface area contributed by atoms with E-state index >= 15 is 0 Å². The van der Waals surface area contributed by atoms with Crippen molar-refractivity contribution in [1.29, 1.82) is 0 Å². The average molecular weight is 268 g/mol. The van der Waals surface area contributed by atoms with Gasteiger partial charge in [0.1, 0.15) is 0 Å². The molecule has 2 aromatic rings. The van der Waals surface area contributed by atoms with Gasteiger partial charge in [-0.2, -0.15) is 0 Å². The van der Waals surface area contributed by atoms with Crippen molar-refractivity contribution in [2.24, 2.45) is 0 Å². The van der Waals surface area contributed by atoms with E-state index in [-0.39, 0.29) is 0 Å². The second-order valence-corrected chi connectivity index (χ2v) is 11.6. The van der Waals surface area contributed by atoms with Gasteiger partial charge in [-0.1, -0.05) is 61.2 Å². The first-order valence-corrected chi connectivity index (χ1v) is 10.5. The largest absolute Gasteiger partial charge is 0.0775 e. The Bertz CT molecular complexity index is 563. The molecule has 100 valence electrons. The average Bonchev–Trinajstić information content (AvgIpc) is 2.34. The summed E-state index contributed by atoms with van der Waals surface area (Å²) in [6.45, 7) is 13.8. The van der Waals surface area contributed by atoms with Gasteiger partial charge in [0, 0.05) is 0 Å². The first-order chi connectivity index (χ1) is 8.79. The van der Waals surface area contributed by atoms with Crippen LogP contribution in [0.4, 0.5) is 0 Å². The minimum absolute atomic E-state index is 1.19. The Morgan fingerprint density at radius 3 is 1.58 bits per heavy atom.